The average molecular weight is 222 g/mol. The minimum atomic E-state index is 0.0545. The molecule has 3 nitrogen and oxygen atoms in total. The van der Waals surface area contributed by atoms with Crippen LogP contribution in [0.4, 0.5) is 0 Å². The van der Waals surface area contributed by atoms with Gasteiger partial charge in [0.15, 0.2) is 0 Å². The maximum atomic E-state index is 10.5. The molecule has 0 bridgehead atoms. The number of carbonyl (C=O) groups is 1. The number of nitrogens with zero attached hydrogens (tertiary/aromatic N) is 1. The fourth-order valence-electron chi connectivity index (χ4n) is 0.606. The van der Waals surface area contributed by atoms with E-state index in [0.717, 1.165) is 24.6 Å². The van der Waals surface area contributed by atoms with Gasteiger partial charge in [-0.25, -0.2) is 0 Å². The molecule has 1 amide bonds. The van der Waals surface area contributed by atoms with Gasteiger partial charge in [0.2, 0.25) is 5.91 Å². The van der Waals surface area contributed by atoms with E-state index >= 15 is 0 Å². The highest BCUT2D eigenvalue weighted by atomic mass is 33.1. The summed E-state index contributed by atoms with van der Waals surface area (Å²) in [5, 5.41) is 2.76. The van der Waals surface area contributed by atoms with Crippen molar-refractivity contribution in [1.29, 1.82) is 0 Å². The molecule has 0 saturated carbocycles. The van der Waals surface area contributed by atoms with Gasteiger partial charge in [-0.05, 0) is 14.1 Å². The Kier molecular flexibility index (Phi) is 8.80. The van der Waals surface area contributed by atoms with Crippen molar-refractivity contribution in [3.8, 4) is 0 Å². The summed E-state index contributed by atoms with van der Waals surface area (Å²) in [6.45, 7) is 3.43. The van der Waals surface area contributed by atoms with Crippen LogP contribution in [0.25, 0.3) is 0 Å². The van der Waals surface area contributed by atoms with Crippen LogP contribution in [0.1, 0.15) is 6.92 Å². The van der Waals surface area contributed by atoms with Gasteiger partial charge in [-0.1, -0.05) is 21.6 Å². The molecule has 78 valence electrons. The van der Waals surface area contributed by atoms with Crippen LogP contribution in [-0.2, 0) is 4.79 Å². The van der Waals surface area contributed by atoms with Crippen molar-refractivity contribution < 1.29 is 4.79 Å². The van der Waals surface area contributed by atoms with Crippen LogP contribution in [0.5, 0.6) is 0 Å². The molecule has 5 heteroatoms. The predicted molar refractivity (Wildman–Crippen MR) is 62.2 cm³/mol. The third-order valence-electron chi connectivity index (χ3n) is 1.26. The molecule has 0 aromatic carbocycles. The number of hydrogen-bond donors (Lipinski definition) is 1. The molecule has 0 saturated heterocycles. The third kappa shape index (κ3) is 12.1. The highest BCUT2D eigenvalue weighted by Gasteiger charge is 1.93. The molecule has 0 rings (SSSR count). The Balaban J connectivity index is 2.96. The van der Waals surface area contributed by atoms with E-state index in [4.69, 9.17) is 0 Å². The second kappa shape index (κ2) is 8.72. The van der Waals surface area contributed by atoms with Crippen molar-refractivity contribution in [3.05, 3.63) is 0 Å². The molecular formula is C8H18N2OS2. The van der Waals surface area contributed by atoms with E-state index in [1.165, 1.54) is 0 Å². The SMILES string of the molecule is CC(=O)NCCSSCCN(C)C. The van der Waals surface area contributed by atoms with Crippen LogP contribution in [0, 0.1) is 0 Å². The molecule has 0 radical (unpaired) electrons. The van der Waals surface area contributed by atoms with Gasteiger partial charge in [-0.2, -0.15) is 0 Å². The zero-order chi connectivity index (χ0) is 10.1. The van der Waals surface area contributed by atoms with Crippen molar-refractivity contribution >= 4 is 27.5 Å². The number of carbonyl (C=O) groups excluding carboxylic acids is 1. The molecule has 0 atom stereocenters. The zero-order valence-electron chi connectivity index (χ0n) is 8.50. The van der Waals surface area contributed by atoms with Crippen LogP contribution in [0.2, 0.25) is 0 Å². The molecule has 0 aliphatic heterocycles. The van der Waals surface area contributed by atoms with Gasteiger partial charge in [0, 0.05) is 31.5 Å². The van der Waals surface area contributed by atoms with E-state index in [1.54, 1.807) is 6.92 Å². The van der Waals surface area contributed by atoms with Crippen LogP contribution in [0.15, 0.2) is 0 Å². The highest BCUT2D eigenvalue weighted by molar-refractivity contribution is 8.76. The van der Waals surface area contributed by atoms with Crippen LogP contribution < -0.4 is 5.32 Å². The Bertz CT molecular complexity index is 142. The fraction of sp³-hybridized carbons (Fsp3) is 0.875. The summed E-state index contributed by atoms with van der Waals surface area (Å²) in [7, 11) is 7.81. The van der Waals surface area contributed by atoms with Crippen molar-refractivity contribution in [2.75, 3.05) is 38.7 Å². The van der Waals surface area contributed by atoms with Gasteiger partial charge >= 0.3 is 0 Å². The third-order valence-corrected chi connectivity index (χ3v) is 3.65. The zero-order valence-corrected chi connectivity index (χ0v) is 10.1. The van der Waals surface area contributed by atoms with Gasteiger partial charge in [-0.15, -0.1) is 0 Å². The minimum Gasteiger partial charge on any atom is -0.355 e. The fourth-order valence-corrected chi connectivity index (χ4v) is 2.65. The van der Waals surface area contributed by atoms with Crippen molar-refractivity contribution in [3.63, 3.8) is 0 Å². The molecule has 0 aliphatic carbocycles. The first-order chi connectivity index (χ1) is 6.13. The number of hydrogen-bond acceptors (Lipinski definition) is 4. The Hall–Kier alpha value is 0.130. The summed E-state index contributed by atoms with van der Waals surface area (Å²) in [5.41, 5.74) is 0. The first-order valence-corrected chi connectivity index (χ1v) is 6.75. The number of rotatable bonds is 7. The van der Waals surface area contributed by atoms with Crippen LogP contribution in [0.3, 0.4) is 0 Å². The molecular weight excluding hydrogens is 204 g/mol. The summed E-state index contributed by atoms with van der Waals surface area (Å²) in [6, 6.07) is 0. The van der Waals surface area contributed by atoms with Crippen molar-refractivity contribution in [2.45, 2.75) is 6.92 Å². The van der Waals surface area contributed by atoms with E-state index in [-0.39, 0.29) is 5.91 Å². The first kappa shape index (κ1) is 13.1. The van der Waals surface area contributed by atoms with Gasteiger partial charge < -0.3 is 10.2 Å². The maximum absolute atomic E-state index is 10.5. The molecule has 1 N–H and O–H groups in total. The van der Waals surface area contributed by atoms with Gasteiger partial charge in [0.05, 0.1) is 0 Å². The lowest BCUT2D eigenvalue weighted by Gasteiger charge is -2.07. The highest BCUT2D eigenvalue weighted by Crippen LogP contribution is 2.19. The predicted octanol–water partition coefficient (Wildman–Crippen LogP) is 1.07. The Morgan fingerprint density at radius 2 is 1.92 bits per heavy atom. The molecule has 0 aromatic heterocycles. The van der Waals surface area contributed by atoms with Gasteiger partial charge in [-0.3, -0.25) is 4.79 Å². The summed E-state index contributed by atoms with van der Waals surface area (Å²) in [4.78, 5) is 12.7. The summed E-state index contributed by atoms with van der Waals surface area (Å²) in [6.07, 6.45) is 0. The second-order valence-corrected chi connectivity index (χ2v) is 5.63. The van der Waals surface area contributed by atoms with Crippen LogP contribution in [-0.4, -0.2) is 49.5 Å². The summed E-state index contributed by atoms with van der Waals surface area (Å²) in [5.74, 6) is 2.17. The van der Waals surface area contributed by atoms with E-state index in [9.17, 15) is 4.79 Å². The normalized spacial score (nSPS) is 10.5. The molecule has 0 spiro atoms. The van der Waals surface area contributed by atoms with Gasteiger partial charge in [0.25, 0.3) is 0 Å². The monoisotopic (exact) mass is 222 g/mol. The summed E-state index contributed by atoms with van der Waals surface area (Å²) >= 11 is 0. The lowest BCUT2D eigenvalue weighted by atomic mass is 10.6. The molecule has 0 aromatic rings. The molecule has 13 heavy (non-hydrogen) atoms. The van der Waals surface area contributed by atoms with E-state index in [2.05, 4.69) is 24.3 Å². The molecule has 0 heterocycles. The maximum Gasteiger partial charge on any atom is 0.216 e. The topological polar surface area (TPSA) is 32.3 Å². The standard InChI is InChI=1S/C8H18N2OS2/c1-8(11)9-4-6-12-13-7-5-10(2)3/h4-7H2,1-3H3,(H,9,11). The summed E-state index contributed by atoms with van der Waals surface area (Å²) < 4.78 is 0. The molecule has 0 fully saturated rings. The quantitative estimate of drug-likeness (QED) is 0.516. The molecule has 0 aliphatic rings. The van der Waals surface area contributed by atoms with Crippen molar-refractivity contribution in [1.82, 2.24) is 10.2 Å². The first-order valence-electron chi connectivity index (χ1n) is 4.26. The van der Waals surface area contributed by atoms with E-state index in [0.29, 0.717) is 0 Å². The molecule has 0 unspecified atom stereocenters. The Labute approximate surface area is 88.4 Å². The lowest BCUT2D eigenvalue weighted by molar-refractivity contribution is -0.118. The van der Waals surface area contributed by atoms with E-state index < -0.39 is 0 Å². The van der Waals surface area contributed by atoms with Crippen LogP contribution >= 0.6 is 21.6 Å². The lowest BCUT2D eigenvalue weighted by Crippen LogP contribution is -2.22. The Morgan fingerprint density at radius 1 is 1.31 bits per heavy atom. The number of amides is 1. The largest absolute Gasteiger partial charge is 0.355 e. The van der Waals surface area contributed by atoms with Crippen molar-refractivity contribution in [2.24, 2.45) is 0 Å². The van der Waals surface area contributed by atoms with E-state index in [1.807, 2.05) is 21.6 Å². The number of nitrogens with one attached hydrogen (secondary N) is 1. The van der Waals surface area contributed by atoms with Gasteiger partial charge in [0.1, 0.15) is 0 Å². The Morgan fingerprint density at radius 3 is 2.46 bits per heavy atom. The second-order valence-electron chi connectivity index (χ2n) is 2.93. The smallest absolute Gasteiger partial charge is 0.216 e. The minimum absolute atomic E-state index is 0.0545. The average Bonchev–Trinajstić information content (AvgIpc) is 2.01.